The Morgan fingerprint density at radius 3 is 2.92 bits per heavy atom. The molecule has 3 rings (SSSR count). The first-order valence-electron chi connectivity index (χ1n) is 8.08. The normalized spacial score (nSPS) is 21.5. The summed E-state index contributed by atoms with van der Waals surface area (Å²) in [6.07, 6.45) is 10.9. The summed E-state index contributed by atoms with van der Waals surface area (Å²) in [4.78, 5) is 11.0. The fourth-order valence-electron chi connectivity index (χ4n) is 3.17. The molecule has 0 radical (unpaired) electrons. The number of rotatable bonds is 3. The Kier molecular flexibility index (Phi) is 6.64. The predicted molar refractivity (Wildman–Crippen MR) is 105 cm³/mol. The second-order valence-corrected chi connectivity index (χ2v) is 6.21. The van der Waals surface area contributed by atoms with E-state index in [4.69, 9.17) is 0 Å². The van der Waals surface area contributed by atoms with Crippen LogP contribution in [-0.2, 0) is 13.6 Å². The Morgan fingerprint density at radius 2 is 2.29 bits per heavy atom. The number of aliphatic imine (C=N–C) groups is 1. The van der Waals surface area contributed by atoms with Gasteiger partial charge in [-0.1, -0.05) is 6.92 Å². The number of hydrogen-bond donors (Lipinski definition) is 1. The van der Waals surface area contributed by atoms with Crippen LogP contribution in [0.1, 0.15) is 24.9 Å². The van der Waals surface area contributed by atoms with Gasteiger partial charge in [-0.2, -0.15) is 5.10 Å². The van der Waals surface area contributed by atoms with E-state index < -0.39 is 0 Å². The molecule has 1 aliphatic heterocycles. The molecule has 2 unspecified atom stereocenters. The molecule has 1 N–H and O–H groups in total. The maximum absolute atomic E-state index is 4.45. The quantitative estimate of drug-likeness (QED) is 0.447. The Hall–Kier alpha value is -1.58. The molecule has 0 amide bonds. The predicted octanol–water partition coefficient (Wildman–Crippen LogP) is 1.89. The monoisotopic (exact) mass is 443 g/mol. The third-order valence-corrected chi connectivity index (χ3v) is 4.55. The maximum Gasteiger partial charge on any atom is 0.193 e. The highest BCUT2D eigenvalue weighted by Gasteiger charge is 2.28. The number of piperidine rings is 1. The zero-order chi connectivity index (χ0) is 16.2. The van der Waals surface area contributed by atoms with Crippen molar-refractivity contribution in [3.63, 3.8) is 0 Å². The Bertz CT molecular complexity index is 649. The maximum atomic E-state index is 4.45. The molecule has 3 heterocycles. The van der Waals surface area contributed by atoms with Crippen LogP contribution in [0.4, 0.5) is 0 Å². The van der Waals surface area contributed by atoms with E-state index in [0.717, 1.165) is 37.6 Å². The van der Waals surface area contributed by atoms with Crippen molar-refractivity contribution in [1.29, 1.82) is 0 Å². The second kappa shape index (κ2) is 8.50. The van der Waals surface area contributed by atoms with E-state index in [-0.39, 0.29) is 24.0 Å². The molecule has 132 valence electrons. The summed E-state index contributed by atoms with van der Waals surface area (Å²) in [6, 6.07) is 0.434. The molecule has 7 nitrogen and oxygen atoms in total. The van der Waals surface area contributed by atoms with E-state index in [9.17, 15) is 0 Å². The van der Waals surface area contributed by atoms with Crippen molar-refractivity contribution in [2.24, 2.45) is 18.0 Å². The fourth-order valence-corrected chi connectivity index (χ4v) is 3.17. The lowest BCUT2D eigenvalue weighted by Crippen LogP contribution is -2.48. The average molecular weight is 443 g/mol. The van der Waals surface area contributed by atoms with Crippen LogP contribution in [0.2, 0.25) is 0 Å². The van der Waals surface area contributed by atoms with Gasteiger partial charge in [-0.3, -0.25) is 9.67 Å². The van der Waals surface area contributed by atoms with Gasteiger partial charge in [-0.05, 0) is 12.3 Å². The minimum atomic E-state index is 0. The van der Waals surface area contributed by atoms with Gasteiger partial charge in [0.15, 0.2) is 5.96 Å². The highest BCUT2D eigenvalue weighted by atomic mass is 127. The van der Waals surface area contributed by atoms with Crippen molar-refractivity contribution in [2.75, 3.05) is 20.1 Å². The van der Waals surface area contributed by atoms with Crippen molar-refractivity contribution >= 4 is 29.9 Å². The van der Waals surface area contributed by atoms with Gasteiger partial charge in [0.1, 0.15) is 0 Å². The molecule has 1 saturated heterocycles. The highest BCUT2D eigenvalue weighted by Crippen LogP contribution is 2.27. The minimum absolute atomic E-state index is 0. The number of guanidine groups is 1. The summed E-state index contributed by atoms with van der Waals surface area (Å²) in [5.74, 6) is 1.59. The lowest BCUT2D eigenvalue weighted by atomic mass is 9.93. The van der Waals surface area contributed by atoms with E-state index >= 15 is 0 Å². The Morgan fingerprint density at radius 1 is 1.46 bits per heavy atom. The molecule has 2 atom stereocenters. The van der Waals surface area contributed by atoms with Gasteiger partial charge in [-0.25, -0.2) is 4.98 Å². The van der Waals surface area contributed by atoms with E-state index in [1.807, 2.05) is 43.7 Å². The third kappa shape index (κ3) is 4.28. The second-order valence-electron chi connectivity index (χ2n) is 6.21. The van der Waals surface area contributed by atoms with Gasteiger partial charge in [0.05, 0.1) is 18.6 Å². The average Bonchev–Trinajstić information content (AvgIpc) is 3.21. The highest BCUT2D eigenvalue weighted by molar-refractivity contribution is 14.0. The first-order valence-corrected chi connectivity index (χ1v) is 8.08. The molecule has 1 fully saturated rings. The Balaban J connectivity index is 0.00000208. The van der Waals surface area contributed by atoms with Gasteiger partial charge >= 0.3 is 0 Å². The molecule has 24 heavy (non-hydrogen) atoms. The number of aryl methyl sites for hydroxylation is 1. The SMILES string of the molecule is CN=C(NCc1cnn(C)c1)N1CCC(C)C(n2ccnc2)C1.I. The van der Waals surface area contributed by atoms with Crippen LogP contribution in [0.25, 0.3) is 0 Å². The number of nitrogens with one attached hydrogen (secondary N) is 1. The molecular formula is C16H26IN7. The lowest BCUT2D eigenvalue weighted by Gasteiger charge is -2.39. The van der Waals surface area contributed by atoms with Crippen LogP contribution >= 0.6 is 24.0 Å². The van der Waals surface area contributed by atoms with Crippen molar-refractivity contribution in [2.45, 2.75) is 25.9 Å². The zero-order valence-electron chi connectivity index (χ0n) is 14.5. The molecule has 1 aliphatic rings. The zero-order valence-corrected chi connectivity index (χ0v) is 16.8. The number of likely N-dealkylation sites (tertiary alicyclic amines) is 1. The van der Waals surface area contributed by atoms with Crippen LogP contribution in [0, 0.1) is 5.92 Å². The van der Waals surface area contributed by atoms with E-state index in [2.05, 4.69) is 43.0 Å². The van der Waals surface area contributed by atoms with Crippen LogP contribution in [-0.4, -0.2) is 50.3 Å². The van der Waals surface area contributed by atoms with Crippen LogP contribution in [0.5, 0.6) is 0 Å². The van der Waals surface area contributed by atoms with Gasteiger partial charge in [0, 0.05) is 57.9 Å². The summed E-state index contributed by atoms with van der Waals surface area (Å²) in [6.45, 7) is 5.03. The summed E-state index contributed by atoms with van der Waals surface area (Å²) >= 11 is 0. The molecule has 2 aromatic heterocycles. The van der Waals surface area contributed by atoms with Crippen LogP contribution in [0.3, 0.4) is 0 Å². The third-order valence-electron chi connectivity index (χ3n) is 4.55. The van der Waals surface area contributed by atoms with E-state index in [1.54, 1.807) is 0 Å². The fraction of sp³-hybridized carbons (Fsp3) is 0.562. The number of halogens is 1. The largest absolute Gasteiger partial charge is 0.352 e. The van der Waals surface area contributed by atoms with Gasteiger partial charge in [0.25, 0.3) is 0 Å². The van der Waals surface area contributed by atoms with Gasteiger partial charge in [0.2, 0.25) is 0 Å². The first kappa shape index (κ1) is 18.8. The molecule has 0 aliphatic carbocycles. The number of hydrogen-bond acceptors (Lipinski definition) is 3. The number of imidazole rings is 1. The van der Waals surface area contributed by atoms with Gasteiger partial charge in [-0.15, -0.1) is 24.0 Å². The Labute approximate surface area is 160 Å². The summed E-state index contributed by atoms with van der Waals surface area (Å²) in [7, 11) is 3.77. The van der Waals surface area contributed by atoms with Crippen molar-refractivity contribution in [3.8, 4) is 0 Å². The summed E-state index contributed by atoms with van der Waals surface area (Å²) < 4.78 is 4.03. The minimum Gasteiger partial charge on any atom is -0.352 e. The number of nitrogens with zero attached hydrogens (tertiary/aromatic N) is 6. The smallest absolute Gasteiger partial charge is 0.193 e. The first-order chi connectivity index (χ1) is 11.2. The topological polar surface area (TPSA) is 63.3 Å². The number of aromatic nitrogens is 4. The molecule has 0 spiro atoms. The van der Waals surface area contributed by atoms with Gasteiger partial charge < -0.3 is 14.8 Å². The van der Waals surface area contributed by atoms with Crippen molar-refractivity contribution < 1.29 is 0 Å². The van der Waals surface area contributed by atoms with E-state index in [1.165, 1.54) is 0 Å². The standard InChI is InChI=1S/C16H25N7.HI/c1-13-4-6-22(11-15(13)23-7-5-18-12-23)16(17-2)19-8-14-9-20-21(3)10-14;/h5,7,9-10,12-13,15H,4,6,8,11H2,1-3H3,(H,17,19);1H. The van der Waals surface area contributed by atoms with Crippen molar-refractivity contribution in [3.05, 3.63) is 36.7 Å². The molecule has 0 aromatic carbocycles. The van der Waals surface area contributed by atoms with Crippen LogP contribution < -0.4 is 5.32 Å². The summed E-state index contributed by atoms with van der Waals surface area (Å²) in [5.41, 5.74) is 1.16. The molecule has 0 saturated carbocycles. The van der Waals surface area contributed by atoms with Crippen molar-refractivity contribution in [1.82, 2.24) is 29.5 Å². The summed E-state index contributed by atoms with van der Waals surface area (Å²) in [5, 5.41) is 7.65. The lowest BCUT2D eigenvalue weighted by molar-refractivity contribution is 0.189. The molecule has 2 aromatic rings. The molecular weight excluding hydrogens is 417 g/mol. The van der Waals surface area contributed by atoms with E-state index in [0.29, 0.717) is 12.0 Å². The van der Waals surface area contributed by atoms with Crippen LogP contribution in [0.15, 0.2) is 36.1 Å². The molecule has 8 heteroatoms. The molecule has 0 bridgehead atoms.